The third-order valence-electron chi connectivity index (χ3n) is 5.52. The van der Waals surface area contributed by atoms with Crippen molar-refractivity contribution in [2.24, 2.45) is 5.92 Å². The highest BCUT2D eigenvalue weighted by molar-refractivity contribution is 5.96. The van der Waals surface area contributed by atoms with Gasteiger partial charge in [0, 0.05) is 37.9 Å². The normalized spacial score (nSPS) is 25.6. The van der Waals surface area contributed by atoms with E-state index < -0.39 is 0 Å². The largest absolute Gasteiger partial charge is 0.379 e. The number of carbonyl (C=O) groups excluding carboxylic acids is 1. The van der Waals surface area contributed by atoms with Gasteiger partial charge >= 0.3 is 0 Å². The van der Waals surface area contributed by atoms with E-state index in [1.54, 1.807) is 0 Å². The highest BCUT2D eigenvalue weighted by Crippen LogP contribution is 2.27. The molecule has 25 heavy (non-hydrogen) atoms. The van der Waals surface area contributed by atoms with Gasteiger partial charge in [-0.2, -0.15) is 5.10 Å². The molecule has 2 aliphatic rings. The second-order valence-electron chi connectivity index (χ2n) is 8.53. The van der Waals surface area contributed by atoms with Gasteiger partial charge in [0.15, 0.2) is 0 Å². The lowest BCUT2D eigenvalue weighted by atomic mass is 10.0. The van der Waals surface area contributed by atoms with Gasteiger partial charge in [0.05, 0.1) is 30.0 Å². The molecule has 2 aliphatic heterocycles. The number of likely N-dealkylation sites (tertiary alicyclic amines) is 1. The number of amides is 1. The van der Waals surface area contributed by atoms with E-state index in [0.29, 0.717) is 12.0 Å². The average Bonchev–Trinajstić information content (AvgIpc) is 3.07. The van der Waals surface area contributed by atoms with Crippen LogP contribution in [-0.2, 0) is 10.3 Å². The van der Waals surface area contributed by atoms with Crippen molar-refractivity contribution >= 4 is 5.91 Å². The van der Waals surface area contributed by atoms with Gasteiger partial charge in [0.25, 0.3) is 5.91 Å². The predicted molar refractivity (Wildman–Crippen MR) is 97.9 cm³/mol. The molecule has 0 unspecified atom stereocenters. The van der Waals surface area contributed by atoms with Crippen molar-refractivity contribution < 1.29 is 9.53 Å². The molecule has 6 heteroatoms. The van der Waals surface area contributed by atoms with Crippen molar-refractivity contribution in [2.45, 2.75) is 53.1 Å². The second-order valence-corrected chi connectivity index (χ2v) is 8.53. The number of nitrogens with zero attached hydrogens (tertiary/aromatic N) is 4. The summed E-state index contributed by atoms with van der Waals surface area (Å²) < 4.78 is 7.45. The zero-order chi connectivity index (χ0) is 18.4. The van der Waals surface area contributed by atoms with Crippen molar-refractivity contribution in [2.75, 3.05) is 39.4 Å². The van der Waals surface area contributed by atoms with E-state index in [1.807, 2.05) is 23.4 Å². The molecule has 0 spiro atoms. The maximum atomic E-state index is 13.2. The van der Waals surface area contributed by atoms with Crippen LogP contribution in [-0.4, -0.2) is 70.9 Å². The number of rotatable bonds is 2. The van der Waals surface area contributed by atoms with E-state index in [4.69, 9.17) is 4.74 Å². The molecule has 1 amide bonds. The minimum absolute atomic E-state index is 0.123. The van der Waals surface area contributed by atoms with E-state index in [1.165, 1.54) is 0 Å². The molecule has 0 aliphatic carbocycles. The molecule has 0 radical (unpaired) electrons. The van der Waals surface area contributed by atoms with Gasteiger partial charge in [-0.15, -0.1) is 0 Å². The van der Waals surface area contributed by atoms with Crippen LogP contribution >= 0.6 is 0 Å². The van der Waals surface area contributed by atoms with Crippen LogP contribution in [0.15, 0.2) is 0 Å². The Hall–Kier alpha value is -1.40. The molecule has 2 atom stereocenters. The van der Waals surface area contributed by atoms with E-state index in [2.05, 4.69) is 37.7 Å². The fourth-order valence-electron chi connectivity index (χ4n) is 4.26. The Morgan fingerprint density at radius 2 is 1.80 bits per heavy atom. The first-order chi connectivity index (χ1) is 11.7. The van der Waals surface area contributed by atoms with Gasteiger partial charge in [0.2, 0.25) is 0 Å². The Bertz CT molecular complexity index is 641. The van der Waals surface area contributed by atoms with E-state index in [-0.39, 0.29) is 11.4 Å². The Balaban J connectivity index is 1.79. The lowest BCUT2D eigenvalue weighted by molar-refractivity contribution is 0.0119. The van der Waals surface area contributed by atoms with E-state index in [9.17, 15) is 4.79 Å². The van der Waals surface area contributed by atoms with E-state index in [0.717, 1.165) is 56.3 Å². The number of hydrogen-bond donors (Lipinski definition) is 0. The lowest BCUT2D eigenvalue weighted by Crippen LogP contribution is -2.47. The van der Waals surface area contributed by atoms with Crippen LogP contribution in [0.25, 0.3) is 0 Å². The molecule has 3 heterocycles. The number of aryl methyl sites for hydroxylation is 1. The molecule has 2 fully saturated rings. The molecule has 3 rings (SSSR count). The van der Waals surface area contributed by atoms with Crippen molar-refractivity contribution in [1.29, 1.82) is 0 Å². The highest BCUT2D eigenvalue weighted by Gasteiger charge is 2.38. The summed E-state index contributed by atoms with van der Waals surface area (Å²) in [5, 5.41) is 4.64. The van der Waals surface area contributed by atoms with Crippen LogP contribution in [0.2, 0.25) is 0 Å². The Morgan fingerprint density at radius 3 is 2.36 bits per heavy atom. The topological polar surface area (TPSA) is 50.6 Å². The molecule has 0 bridgehead atoms. The molecular weight excluding hydrogens is 316 g/mol. The maximum absolute atomic E-state index is 13.2. The van der Waals surface area contributed by atoms with Crippen molar-refractivity contribution in [3.05, 3.63) is 17.0 Å². The second kappa shape index (κ2) is 6.72. The van der Waals surface area contributed by atoms with Gasteiger partial charge < -0.3 is 9.64 Å². The summed E-state index contributed by atoms with van der Waals surface area (Å²) in [6, 6.07) is 0.436. The Labute approximate surface area is 151 Å². The summed E-state index contributed by atoms with van der Waals surface area (Å²) in [5.41, 5.74) is 2.46. The standard InChI is InChI=1S/C19H32N4O2/c1-13-11-22(12-16(13)21-7-9-25-10-8-21)18(24)17-14(2)20-23(15(17)3)19(4,5)6/h13,16H,7-12H2,1-6H3/t13-,16+/m0/s1. The first-order valence-corrected chi connectivity index (χ1v) is 9.38. The Kier molecular flexibility index (Phi) is 4.95. The number of morpholine rings is 1. The minimum atomic E-state index is -0.123. The summed E-state index contributed by atoms with van der Waals surface area (Å²) >= 11 is 0. The minimum Gasteiger partial charge on any atom is -0.379 e. The molecule has 1 aromatic rings. The van der Waals surface area contributed by atoms with Gasteiger partial charge in [-0.25, -0.2) is 0 Å². The van der Waals surface area contributed by atoms with Crippen molar-refractivity contribution in [3.8, 4) is 0 Å². The Morgan fingerprint density at radius 1 is 1.16 bits per heavy atom. The highest BCUT2D eigenvalue weighted by atomic mass is 16.5. The van der Waals surface area contributed by atoms with Crippen LogP contribution in [0.3, 0.4) is 0 Å². The molecule has 140 valence electrons. The van der Waals surface area contributed by atoms with Crippen LogP contribution in [0.5, 0.6) is 0 Å². The molecule has 1 aromatic heterocycles. The van der Waals surface area contributed by atoms with Crippen LogP contribution < -0.4 is 0 Å². The number of aromatic nitrogens is 2. The zero-order valence-corrected chi connectivity index (χ0v) is 16.5. The molecule has 6 nitrogen and oxygen atoms in total. The monoisotopic (exact) mass is 348 g/mol. The van der Waals surface area contributed by atoms with Crippen molar-refractivity contribution in [1.82, 2.24) is 19.6 Å². The summed E-state index contributed by atoms with van der Waals surface area (Å²) in [7, 11) is 0. The fraction of sp³-hybridized carbons (Fsp3) is 0.789. The SMILES string of the molecule is Cc1nn(C(C)(C)C)c(C)c1C(=O)N1C[C@@H](N2CCOCC2)[C@@H](C)C1. The summed E-state index contributed by atoms with van der Waals surface area (Å²) in [4.78, 5) is 17.7. The van der Waals surface area contributed by atoms with Gasteiger partial charge in [-0.3, -0.25) is 14.4 Å². The quantitative estimate of drug-likeness (QED) is 0.821. The number of hydrogen-bond acceptors (Lipinski definition) is 4. The van der Waals surface area contributed by atoms with Gasteiger partial charge in [0.1, 0.15) is 0 Å². The third-order valence-corrected chi connectivity index (χ3v) is 5.52. The summed E-state index contributed by atoms with van der Waals surface area (Å²) in [6.07, 6.45) is 0. The summed E-state index contributed by atoms with van der Waals surface area (Å²) in [5.74, 6) is 0.619. The molecule has 2 saturated heterocycles. The molecular formula is C19H32N4O2. The number of carbonyl (C=O) groups is 1. The van der Waals surface area contributed by atoms with Crippen molar-refractivity contribution in [3.63, 3.8) is 0 Å². The van der Waals surface area contributed by atoms with Gasteiger partial charge in [-0.05, 0) is 40.5 Å². The maximum Gasteiger partial charge on any atom is 0.257 e. The first kappa shape index (κ1) is 18.4. The molecule has 0 aromatic carbocycles. The molecule has 0 N–H and O–H groups in total. The smallest absolute Gasteiger partial charge is 0.257 e. The molecule has 0 saturated carbocycles. The lowest BCUT2D eigenvalue weighted by Gasteiger charge is -2.34. The fourth-order valence-corrected chi connectivity index (χ4v) is 4.26. The summed E-state index contributed by atoms with van der Waals surface area (Å²) in [6.45, 7) is 17.7. The van der Waals surface area contributed by atoms with Crippen LogP contribution in [0.4, 0.5) is 0 Å². The van der Waals surface area contributed by atoms with Crippen LogP contribution in [0.1, 0.15) is 49.4 Å². The average molecular weight is 348 g/mol. The van der Waals surface area contributed by atoms with Gasteiger partial charge in [-0.1, -0.05) is 6.92 Å². The first-order valence-electron chi connectivity index (χ1n) is 9.38. The third kappa shape index (κ3) is 3.47. The van der Waals surface area contributed by atoms with Crippen LogP contribution in [0, 0.1) is 19.8 Å². The van der Waals surface area contributed by atoms with E-state index >= 15 is 0 Å². The number of ether oxygens (including phenoxy) is 1. The predicted octanol–water partition coefficient (Wildman–Crippen LogP) is 2.05. The zero-order valence-electron chi connectivity index (χ0n) is 16.5.